The molecule has 1 fully saturated rings. The Labute approximate surface area is 200 Å². The van der Waals surface area contributed by atoms with Crippen LogP contribution < -0.4 is 4.90 Å². The maximum atomic E-state index is 13.1. The summed E-state index contributed by atoms with van der Waals surface area (Å²) in [7, 11) is 1.82. The molecule has 0 aliphatic carbocycles. The number of urea groups is 1. The van der Waals surface area contributed by atoms with E-state index in [4.69, 9.17) is 4.74 Å². The molecule has 0 radical (unpaired) electrons. The fourth-order valence-electron chi connectivity index (χ4n) is 4.53. The Kier molecular flexibility index (Phi) is 7.21. The Balaban J connectivity index is 1.51. The Morgan fingerprint density at radius 3 is 2.15 bits per heavy atom. The zero-order valence-electron chi connectivity index (χ0n) is 19.7. The van der Waals surface area contributed by atoms with Crippen LogP contribution in [-0.4, -0.2) is 53.6 Å². The summed E-state index contributed by atoms with van der Waals surface area (Å²) in [5, 5.41) is 0. The van der Waals surface area contributed by atoms with Crippen molar-refractivity contribution >= 4 is 17.7 Å². The standard InChI is InChI=1S/C27H30N4O3/c1-3-34-25(32)21-19-28-24(29-20-21)18-27(22-10-6-4-7-11-22)14-16-31(17-15-27)26(33)30(2)23-12-8-5-9-13-23/h4-13,19-20H,3,14-18H2,1-2H3. The maximum absolute atomic E-state index is 13.1. The van der Waals surface area contributed by atoms with E-state index in [2.05, 4.69) is 22.1 Å². The summed E-state index contributed by atoms with van der Waals surface area (Å²) in [6.45, 7) is 3.37. The van der Waals surface area contributed by atoms with Gasteiger partial charge in [-0.15, -0.1) is 0 Å². The summed E-state index contributed by atoms with van der Waals surface area (Å²) in [6, 6.07) is 20.1. The molecule has 4 rings (SSSR count). The molecule has 0 saturated carbocycles. The van der Waals surface area contributed by atoms with E-state index in [1.807, 2.05) is 60.5 Å². The molecule has 0 N–H and O–H groups in total. The molecule has 7 nitrogen and oxygen atoms in total. The van der Waals surface area contributed by atoms with Crippen molar-refractivity contribution in [1.82, 2.24) is 14.9 Å². The monoisotopic (exact) mass is 458 g/mol. The molecule has 0 bridgehead atoms. The second-order valence-electron chi connectivity index (χ2n) is 8.60. The highest BCUT2D eigenvalue weighted by atomic mass is 16.5. The van der Waals surface area contributed by atoms with Crippen molar-refractivity contribution in [1.29, 1.82) is 0 Å². The number of rotatable bonds is 6. The van der Waals surface area contributed by atoms with Crippen LogP contribution in [0.3, 0.4) is 0 Å². The zero-order chi connectivity index (χ0) is 24.0. The number of benzene rings is 2. The van der Waals surface area contributed by atoms with Crippen LogP contribution in [0.2, 0.25) is 0 Å². The molecule has 3 aromatic rings. The lowest BCUT2D eigenvalue weighted by molar-refractivity contribution is 0.0525. The molecule has 0 atom stereocenters. The van der Waals surface area contributed by atoms with Gasteiger partial charge in [0.25, 0.3) is 0 Å². The molecule has 7 heteroatoms. The van der Waals surface area contributed by atoms with Gasteiger partial charge < -0.3 is 9.64 Å². The number of para-hydroxylation sites is 1. The Morgan fingerprint density at radius 1 is 0.971 bits per heavy atom. The van der Waals surface area contributed by atoms with Crippen molar-refractivity contribution in [2.24, 2.45) is 0 Å². The number of piperidine rings is 1. The second kappa shape index (κ2) is 10.5. The van der Waals surface area contributed by atoms with E-state index >= 15 is 0 Å². The molecular weight excluding hydrogens is 428 g/mol. The van der Waals surface area contributed by atoms with Gasteiger partial charge in [-0.3, -0.25) is 4.90 Å². The van der Waals surface area contributed by atoms with Gasteiger partial charge in [-0.2, -0.15) is 0 Å². The molecule has 1 aliphatic heterocycles. The van der Waals surface area contributed by atoms with Crippen LogP contribution in [0.1, 0.15) is 41.5 Å². The summed E-state index contributed by atoms with van der Waals surface area (Å²) in [4.78, 5) is 37.6. The molecule has 0 unspecified atom stereocenters. The third-order valence-electron chi connectivity index (χ3n) is 6.52. The van der Waals surface area contributed by atoms with Gasteiger partial charge in [-0.05, 0) is 37.5 Å². The van der Waals surface area contributed by atoms with Crippen molar-refractivity contribution in [2.45, 2.75) is 31.6 Å². The number of ether oxygens (including phenoxy) is 1. The first kappa shape index (κ1) is 23.4. The lowest BCUT2D eigenvalue weighted by Gasteiger charge is -2.43. The third kappa shape index (κ3) is 5.09. The topological polar surface area (TPSA) is 75.6 Å². The van der Waals surface area contributed by atoms with Crippen LogP contribution in [0.5, 0.6) is 0 Å². The minimum atomic E-state index is -0.416. The predicted molar refractivity (Wildman–Crippen MR) is 131 cm³/mol. The lowest BCUT2D eigenvalue weighted by atomic mass is 9.70. The third-order valence-corrected chi connectivity index (χ3v) is 6.52. The molecule has 2 heterocycles. The van der Waals surface area contributed by atoms with Crippen molar-refractivity contribution in [3.05, 3.63) is 90.0 Å². The number of anilines is 1. The summed E-state index contributed by atoms with van der Waals surface area (Å²) in [5.74, 6) is 0.263. The average Bonchev–Trinajstić information content (AvgIpc) is 2.90. The van der Waals surface area contributed by atoms with Gasteiger partial charge in [0.1, 0.15) is 5.82 Å². The first-order chi connectivity index (χ1) is 16.5. The van der Waals surface area contributed by atoms with E-state index in [1.54, 1.807) is 11.8 Å². The molecule has 2 aromatic carbocycles. The van der Waals surface area contributed by atoms with E-state index in [0.717, 1.165) is 18.5 Å². The number of hydrogen-bond donors (Lipinski definition) is 0. The molecule has 1 saturated heterocycles. The molecule has 1 aromatic heterocycles. The largest absolute Gasteiger partial charge is 0.462 e. The minimum absolute atomic E-state index is 0.00269. The van der Waals surface area contributed by atoms with E-state index in [9.17, 15) is 9.59 Å². The first-order valence-electron chi connectivity index (χ1n) is 11.6. The van der Waals surface area contributed by atoms with E-state index in [-0.39, 0.29) is 11.4 Å². The molecule has 2 amide bonds. The van der Waals surface area contributed by atoms with Crippen molar-refractivity contribution < 1.29 is 14.3 Å². The van der Waals surface area contributed by atoms with Crippen LogP contribution in [0.15, 0.2) is 73.1 Å². The van der Waals surface area contributed by atoms with Crippen LogP contribution in [0.25, 0.3) is 0 Å². The van der Waals surface area contributed by atoms with E-state index in [0.29, 0.717) is 37.5 Å². The van der Waals surface area contributed by atoms with Gasteiger partial charge in [0, 0.05) is 50.1 Å². The van der Waals surface area contributed by atoms with E-state index in [1.165, 1.54) is 18.0 Å². The SMILES string of the molecule is CCOC(=O)c1cnc(CC2(c3ccccc3)CCN(C(=O)N(C)c3ccccc3)CC2)nc1. The van der Waals surface area contributed by atoms with Gasteiger partial charge >= 0.3 is 12.0 Å². The smallest absolute Gasteiger partial charge is 0.341 e. The summed E-state index contributed by atoms with van der Waals surface area (Å²) < 4.78 is 5.03. The van der Waals surface area contributed by atoms with Crippen LogP contribution >= 0.6 is 0 Å². The fourth-order valence-corrected chi connectivity index (χ4v) is 4.53. The van der Waals surface area contributed by atoms with Crippen LogP contribution in [0.4, 0.5) is 10.5 Å². The van der Waals surface area contributed by atoms with Gasteiger partial charge in [0.2, 0.25) is 0 Å². The van der Waals surface area contributed by atoms with Gasteiger partial charge in [-0.25, -0.2) is 19.6 Å². The number of carbonyl (C=O) groups excluding carboxylic acids is 2. The number of likely N-dealkylation sites (tertiary alicyclic amines) is 1. The van der Waals surface area contributed by atoms with Gasteiger partial charge in [-0.1, -0.05) is 48.5 Å². The molecule has 0 spiro atoms. The Hall–Kier alpha value is -3.74. The highest BCUT2D eigenvalue weighted by Gasteiger charge is 2.39. The maximum Gasteiger partial charge on any atom is 0.341 e. The molecule has 34 heavy (non-hydrogen) atoms. The number of nitrogens with zero attached hydrogens (tertiary/aromatic N) is 4. The lowest BCUT2D eigenvalue weighted by Crippen LogP contribution is -2.50. The summed E-state index contributed by atoms with van der Waals surface area (Å²) >= 11 is 0. The molecule has 1 aliphatic rings. The number of amides is 2. The van der Waals surface area contributed by atoms with E-state index < -0.39 is 5.97 Å². The summed E-state index contributed by atoms with van der Waals surface area (Å²) in [6.07, 6.45) is 5.30. The molecule has 176 valence electrons. The van der Waals surface area contributed by atoms with Crippen LogP contribution in [0, 0.1) is 0 Å². The average molecular weight is 459 g/mol. The van der Waals surface area contributed by atoms with Crippen molar-refractivity contribution in [3.8, 4) is 0 Å². The quantitative estimate of drug-likeness (QED) is 0.509. The van der Waals surface area contributed by atoms with Crippen molar-refractivity contribution in [3.63, 3.8) is 0 Å². The highest BCUT2D eigenvalue weighted by molar-refractivity contribution is 5.91. The number of esters is 1. The number of carbonyl (C=O) groups is 2. The van der Waals surface area contributed by atoms with Gasteiger partial charge in [0.15, 0.2) is 0 Å². The fraction of sp³-hybridized carbons (Fsp3) is 0.333. The first-order valence-corrected chi connectivity index (χ1v) is 11.6. The van der Waals surface area contributed by atoms with Crippen molar-refractivity contribution in [2.75, 3.05) is 31.6 Å². The zero-order valence-corrected chi connectivity index (χ0v) is 19.7. The number of aromatic nitrogens is 2. The minimum Gasteiger partial charge on any atom is -0.462 e. The molecular formula is C27H30N4O3. The van der Waals surface area contributed by atoms with Gasteiger partial charge in [0.05, 0.1) is 12.2 Å². The Morgan fingerprint density at radius 2 is 1.56 bits per heavy atom. The highest BCUT2D eigenvalue weighted by Crippen LogP contribution is 2.38. The second-order valence-corrected chi connectivity index (χ2v) is 8.60. The van der Waals surface area contributed by atoms with Crippen LogP contribution in [-0.2, 0) is 16.6 Å². The summed E-state index contributed by atoms with van der Waals surface area (Å²) in [5.41, 5.74) is 2.26. The Bertz CT molecular complexity index is 1100. The predicted octanol–water partition coefficient (Wildman–Crippen LogP) is 4.49. The number of hydrogen-bond acceptors (Lipinski definition) is 5. The normalized spacial score (nSPS) is 14.9.